The Balaban J connectivity index is 1.58. The average Bonchev–Trinajstić information content (AvgIpc) is 3.10. The molecule has 3 rings (SSSR count). The molecule has 1 aromatic heterocycles. The van der Waals surface area contributed by atoms with Gasteiger partial charge < -0.3 is 15.2 Å². The second-order valence-electron chi connectivity index (χ2n) is 6.57. The van der Waals surface area contributed by atoms with Gasteiger partial charge in [0.25, 0.3) is 5.91 Å². The summed E-state index contributed by atoms with van der Waals surface area (Å²) in [6, 6.07) is 9.68. The van der Waals surface area contributed by atoms with Crippen LogP contribution >= 0.6 is 35.0 Å². The molecule has 0 aliphatic heterocycles. The van der Waals surface area contributed by atoms with Crippen LogP contribution in [0.4, 0.5) is 10.1 Å². The summed E-state index contributed by atoms with van der Waals surface area (Å²) in [5.74, 6) is -0.355. The lowest BCUT2D eigenvalue weighted by molar-refractivity contribution is -0.113. The van der Waals surface area contributed by atoms with Gasteiger partial charge >= 0.3 is 0 Å². The highest BCUT2D eigenvalue weighted by atomic mass is 35.5. The van der Waals surface area contributed by atoms with Crippen molar-refractivity contribution in [1.82, 2.24) is 20.1 Å². The zero-order valence-corrected chi connectivity index (χ0v) is 18.9. The fourth-order valence-corrected chi connectivity index (χ4v) is 3.69. The number of nitrogens with zero attached hydrogens (tertiary/aromatic N) is 3. The van der Waals surface area contributed by atoms with Crippen molar-refractivity contribution in [3.63, 3.8) is 0 Å². The summed E-state index contributed by atoms with van der Waals surface area (Å²) in [6.07, 6.45) is 0. The smallest absolute Gasteiger partial charge is 0.251 e. The molecule has 162 valence electrons. The fraction of sp³-hybridized carbons (Fsp3) is 0.200. The maximum absolute atomic E-state index is 12.9. The van der Waals surface area contributed by atoms with Crippen molar-refractivity contribution in [2.24, 2.45) is 7.05 Å². The first-order valence-electron chi connectivity index (χ1n) is 9.08. The minimum atomic E-state index is -0.443. The van der Waals surface area contributed by atoms with E-state index in [9.17, 15) is 14.0 Å². The lowest BCUT2D eigenvalue weighted by Gasteiger charge is -2.14. The van der Waals surface area contributed by atoms with Gasteiger partial charge in [0.1, 0.15) is 5.82 Å². The fourth-order valence-electron chi connectivity index (χ4n) is 2.67. The predicted octanol–water partition coefficient (Wildman–Crippen LogP) is 4.48. The maximum Gasteiger partial charge on any atom is 0.251 e. The number of nitrogens with one attached hydrogen (secondary N) is 2. The Labute approximate surface area is 192 Å². The molecule has 0 saturated heterocycles. The number of carbonyl (C=O) groups is 2. The van der Waals surface area contributed by atoms with Gasteiger partial charge in [0.05, 0.1) is 21.8 Å². The van der Waals surface area contributed by atoms with Gasteiger partial charge in [-0.05, 0) is 49.4 Å². The topological polar surface area (TPSA) is 88.9 Å². The van der Waals surface area contributed by atoms with Gasteiger partial charge in [0, 0.05) is 18.3 Å². The highest BCUT2D eigenvalue weighted by molar-refractivity contribution is 7.99. The number of anilines is 1. The number of amides is 2. The van der Waals surface area contributed by atoms with Gasteiger partial charge in [-0.25, -0.2) is 4.39 Å². The molecule has 0 bridgehead atoms. The van der Waals surface area contributed by atoms with E-state index in [1.165, 1.54) is 42.1 Å². The first kappa shape index (κ1) is 23.1. The van der Waals surface area contributed by atoms with E-state index in [0.29, 0.717) is 32.3 Å². The van der Waals surface area contributed by atoms with Gasteiger partial charge in [0.15, 0.2) is 11.0 Å². The molecule has 0 saturated carbocycles. The third-order valence-corrected chi connectivity index (χ3v) is 6.00. The molecule has 2 amide bonds. The molecule has 0 fully saturated rings. The Bertz CT molecular complexity index is 1110. The quantitative estimate of drug-likeness (QED) is 0.485. The summed E-state index contributed by atoms with van der Waals surface area (Å²) < 4.78 is 14.6. The summed E-state index contributed by atoms with van der Waals surface area (Å²) in [5.41, 5.74) is 0.875. The van der Waals surface area contributed by atoms with Crippen LogP contribution in [-0.2, 0) is 11.8 Å². The average molecular weight is 482 g/mol. The first-order valence-corrected chi connectivity index (χ1v) is 10.8. The second-order valence-corrected chi connectivity index (χ2v) is 8.32. The lowest BCUT2D eigenvalue weighted by atomic mass is 10.2. The number of benzene rings is 2. The molecule has 0 spiro atoms. The van der Waals surface area contributed by atoms with Gasteiger partial charge in [-0.3, -0.25) is 9.59 Å². The number of rotatable bonds is 7. The van der Waals surface area contributed by atoms with Crippen LogP contribution in [0.2, 0.25) is 10.0 Å². The first-order chi connectivity index (χ1) is 14.7. The van der Waals surface area contributed by atoms with Crippen LogP contribution in [0, 0.1) is 5.82 Å². The minimum absolute atomic E-state index is 0.0906. The van der Waals surface area contributed by atoms with Gasteiger partial charge in [-0.2, -0.15) is 0 Å². The minimum Gasteiger partial charge on any atom is -0.342 e. The summed E-state index contributed by atoms with van der Waals surface area (Å²) in [4.78, 5) is 24.6. The standard InChI is InChI=1S/C20H18Cl2FN5O2S/c1-11(24-19(30)12-3-8-15(21)16(22)9-12)18-26-27-20(28(18)2)31-10-17(29)25-14-6-4-13(23)5-7-14/h3-9,11H,10H2,1-2H3,(H,24,30)(H,25,29). The number of hydrogen-bond donors (Lipinski definition) is 2. The number of halogens is 3. The summed E-state index contributed by atoms with van der Waals surface area (Å²) in [7, 11) is 1.75. The van der Waals surface area contributed by atoms with Crippen molar-refractivity contribution in [3.8, 4) is 0 Å². The van der Waals surface area contributed by atoms with Gasteiger partial charge in [-0.1, -0.05) is 35.0 Å². The van der Waals surface area contributed by atoms with Crippen LogP contribution in [0.5, 0.6) is 0 Å². The van der Waals surface area contributed by atoms with Crippen LogP contribution < -0.4 is 10.6 Å². The lowest BCUT2D eigenvalue weighted by Crippen LogP contribution is -2.28. The SMILES string of the molecule is CC(NC(=O)c1ccc(Cl)c(Cl)c1)c1nnc(SCC(=O)Nc2ccc(F)cc2)n1C. The van der Waals surface area contributed by atoms with E-state index in [1.54, 1.807) is 30.7 Å². The Hall–Kier alpha value is -2.62. The van der Waals surface area contributed by atoms with Crippen molar-refractivity contribution < 1.29 is 14.0 Å². The van der Waals surface area contributed by atoms with Crippen molar-refractivity contribution in [1.29, 1.82) is 0 Å². The normalized spacial score (nSPS) is 11.8. The van der Waals surface area contributed by atoms with Crippen LogP contribution in [0.25, 0.3) is 0 Å². The van der Waals surface area contributed by atoms with E-state index >= 15 is 0 Å². The zero-order valence-electron chi connectivity index (χ0n) is 16.5. The highest BCUT2D eigenvalue weighted by Gasteiger charge is 2.19. The molecule has 11 heteroatoms. The molecular weight excluding hydrogens is 464 g/mol. The maximum atomic E-state index is 12.9. The molecule has 3 aromatic rings. The Kier molecular flexibility index (Phi) is 7.53. The van der Waals surface area contributed by atoms with E-state index in [4.69, 9.17) is 23.2 Å². The molecule has 0 aliphatic carbocycles. The Morgan fingerprint density at radius 3 is 2.52 bits per heavy atom. The molecular formula is C20H18Cl2FN5O2S. The Morgan fingerprint density at radius 2 is 1.84 bits per heavy atom. The third-order valence-electron chi connectivity index (χ3n) is 4.25. The number of carbonyl (C=O) groups excluding carboxylic acids is 2. The summed E-state index contributed by atoms with van der Waals surface area (Å²) >= 11 is 13.0. The van der Waals surface area contributed by atoms with Crippen molar-refractivity contribution in [2.45, 2.75) is 18.1 Å². The molecule has 0 aliphatic rings. The van der Waals surface area contributed by atoms with Crippen LogP contribution in [0.15, 0.2) is 47.6 Å². The molecule has 1 unspecified atom stereocenters. The van der Waals surface area contributed by atoms with E-state index in [0.717, 1.165) is 0 Å². The molecule has 2 aromatic carbocycles. The van der Waals surface area contributed by atoms with E-state index in [2.05, 4.69) is 20.8 Å². The van der Waals surface area contributed by atoms with Crippen LogP contribution in [0.1, 0.15) is 29.1 Å². The Morgan fingerprint density at radius 1 is 1.13 bits per heavy atom. The molecule has 7 nitrogen and oxygen atoms in total. The van der Waals surface area contributed by atoms with Crippen LogP contribution in [0.3, 0.4) is 0 Å². The third kappa shape index (κ3) is 5.96. The van der Waals surface area contributed by atoms with Gasteiger partial charge in [-0.15, -0.1) is 10.2 Å². The molecule has 1 atom stereocenters. The molecule has 1 heterocycles. The van der Waals surface area contributed by atoms with E-state index in [-0.39, 0.29) is 23.4 Å². The number of hydrogen-bond acceptors (Lipinski definition) is 5. The van der Waals surface area contributed by atoms with Crippen molar-refractivity contribution in [2.75, 3.05) is 11.1 Å². The molecule has 2 N–H and O–H groups in total. The number of thioether (sulfide) groups is 1. The van der Waals surface area contributed by atoms with E-state index < -0.39 is 6.04 Å². The highest BCUT2D eigenvalue weighted by Crippen LogP contribution is 2.23. The predicted molar refractivity (Wildman–Crippen MR) is 119 cm³/mol. The summed E-state index contributed by atoms with van der Waals surface area (Å²) in [6.45, 7) is 1.77. The van der Waals surface area contributed by atoms with Gasteiger partial charge in [0.2, 0.25) is 5.91 Å². The van der Waals surface area contributed by atoms with Crippen LogP contribution in [-0.4, -0.2) is 32.3 Å². The summed E-state index contributed by atoms with van der Waals surface area (Å²) in [5, 5.41) is 14.9. The largest absolute Gasteiger partial charge is 0.342 e. The second kappa shape index (κ2) is 10.1. The van der Waals surface area contributed by atoms with Crippen molar-refractivity contribution in [3.05, 3.63) is 69.7 Å². The monoisotopic (exact) mass is 481 g/mol. The zero-order chi connectivity index (χ0) is 22.5. The molecule has 31 heavy (non-hydrogen) atoms. The number of aromatic nitrogens is 3. The van der Waals surface area contributed by atoms with E-state index in [1.807, 2.05) is 0 Å². The van der Waals surface area contributed by atoms with Crippen molar-refractivity contribution >= 4 is 52.5 Å². The molecule has 0 radical (unpaired) electrons.